The number of carbonyl (C=O) groups is 1. The third-order valence-corrected chi connectivity index (χ3v) is 7.05. The van der Waals surface area contributed by atoms with Crippen molar-refractivity contribution in [3.8, 4) is 28.7 Å². The van der Waals surface area contributed by atoms with Crippen molar-refractivity contribution in [3.05, 3.63) is 84.8 Å². The molecule has 3 aromatic carbocycles. The molecule has 12 nitrogen and oxygen atoms in total. The first-order valence-electron chi connectivity index (χ1n) is 14.8. The minimum atomic E-state index is -0.560. The molecule has 0 aliphatic carbocycles. The third-order valence-electron chi connectivity index (χ3n) is 7.05. The summed E-state index contributed by atoms with van der Waals surface area (Å²) in [5.41, 5.74) is 1.83. The second kappa shape index (κ2) is 14.1. The number of ether oxygens (including phenoxy) is 3. The molecule has 6 rings (SSSR count). The molecule has 0 bridgehead atoms. The fourth-order valence-corrected chi connectivity index (χ4v) is 4.86. The van der Waals surface area contributed by atoms with Crippen LogP contribution in [0.4, 0.5) is 21.6 Å². The highest BCUT2D eigenvalue weighted by Crippen LogP contribution is 2.35. The number of nitrogens with one attached hydrogen (secondary N) is 3. The number of carbonyl (C=O) groups excluding carboxylic acids is 1. The molecule has 0 radical (unpaired) electrons. The lowest BCUT2D eigenvalue weighted by atomic mass is 10.1. The van der Waals surface area contributed by atoms with Crippen molar-refractivity contribution >= 4 is 34.0 Å². The van der Waals surface area contributed by atoms with Crippen molar-refractivity contribution < 1.29 is 27.8 Å². The normalized spacial score (nSPS) is 14.5. The molecule has 1 aliphatic heterocycles. The topological polar surface area (TPSA) is 146 Å². The van der Waals surface area contributed by atoms with Crippen LogP contribution >= 0.6 is 0 Å². The molecule has 1 amide bonds. The van der Waals surface area contributed by atoms with Crippen molar-refractivity contribution in [1.29, 1.82) is 0 Å². The van der Waals surface area contributed by atoms with Gasteiger partial charge in [0.15, 0.2) is 0 Å². The van der Waals surface area contributed by atoms with Gasteiger partial charge in [-0.15, -0.1) is 10.2 Å². The molecule has 0 unspecified atom stereocenters. The van der Waals surface area contributed by atoms with Crippen molar-refractivity contribution in [2.45, 2.75) is 26.3 Å². The number of aromatic nitrogens is 4. The first kappa shape index (κ1) is 30.6. The van der Waals surface area contributed by atoms with E-state index in [1.807, 2.05) is 13.0 Å². The van der Waals surface area contributed by atoms with Gasteiger partial charge in [0.25, 0.3) is 0 Å². The number of aryl methyl sites for hydroxylation is 1. The van der Waals surface area contributed by atoms with Gasteiger partial charge in [-0.2, -0.15) is 0 Å². The van der Waals surface area contributed by atoms with E-state index in [-0.39, 0.29) is 11.6 Å². The number of fused-ring (bicyclic) bond motifs is 1. The lowest BCUT2D eigenvalue weighted by Crippen LogP contribution is -2.29. The third kappa shape index (κ3) is 7.45. The van der Waals surface area contributed by atoms with Gasteiger partial charge in [0.1, 0.15) is 35.2 Å². The molecule has 1 atom stereocenters. The fourth-order valence-electron chi connectivity index (χ4n) is 4.86. The van der Waals surface area contributed by atoms with Crippen LogP contribution in [0.15, 0.2) is 77.5 Å². The highest BCUT2D eigenvalue weighted by atomic mass is 19.1. The first-order valence-corrected chi connectivity index (χ1v) is 14.8. The zero-order valence-electron chi connectivity index (χ0n) is 25.2. The van der Waals surface area contributed by atoms with E-state index in [4.69, 9.17) is 18.6 Å². The van der Waals surface area contributed by atoms with Gasteiger partial charge >= 0.3 is 0 Å². The van der Waals surface area contributed by atoms with Crippen LogP contribution in [-0.2, 0) is 9.53 Å². The predicted octanol–water partition coefficient (Wildman–Crippen LogP) is 5.94. The van der Waals surface area contributed by atoms with E-state index in [9.17, 15) is 4.79 Å². The number of hydrogen-bond acceptors (Lipinski definition) is 11. The summed E-state index contributed by atoms with van der Waals surface area (Å²) in [6.07, 6.45) is 5.54. The summed E-state index contributed by atoms with van der Waals surface area (Å²) in [7, 11) is 0. The average molecular weight is 626 g/mol. The van der Waals surface area contributed by atoms with Crippen molar-refractivity contribution in [3.63, 3.8) is 0 Å². The van der Waals surface area contributed by atoms with Crippen LogP contribution in [0.25, 0.3) is 22.4 Å². The molecule has 5 aromatic rings. The van der Waals surface area contributed by atoms with Gasteiger partial charge in [-0.25, -0.2) is 14.4 Å². The summed E-state index contributed by atoms with van der Waals surface area (Å²) < 4.78 is 37.9. The summed E-state index contributed by atoms with van der Waals surface area (Å²) in [5, 5.41) is 17.7. The van der Waals surface area contributed by atoms with Crippen LogP contribution in [-0.4, -0.2) is 58.5 Å². The highest BCUT2D eigenvalue weighted by molar-refractivity contribution is 6.03. The Balaban J connectivity index is 1.18. The Morgan fingerprint density at radius 3 is 2.76 bits per heavy atom. The number of nitrogens with zero attached hydrogens (tertiary/aromatic N) is 4. The van der Waals surface area contributed by atoms with Crippen molar-refractivity contribution in [2.24, 2.45) is 0 Å². The van der Waals surface area contributed by atoms with Crippen LogP contribution < -0.4 is 25.4 Å². The van der Waals surface area contributed by atoms with Gasteiger partial charge in [0.2, 0.25) is 17.7 Å². The van der Waals surface area contributed by atoms with Gasteiger partial charge in [-0.1, -0.05) is 12.1 Å². The Bertz CT molecular complexity index is 1870. The van der Waals surface area contributed by atoms with Crippen LogP contribution in [0.5, 0.6) is 17.2 Å². The second-order valence-corrected chi connectivity index (χ2v) is 10.4. The van der Waals surface area contributed by atoms with Gasteiger partial charge in [-0.05, 0) is 49.7 Å². The number of anilines is 3. The van der Waals surface area contributed by atoms with Crippen LogP contribution in [0.2, 0.25) is 0 Å². The van der Waals surface area contributed by atoms with Crippen molar-refractivity contribution in [1.82, 2.24) is 25.5 Å². The number of halogens is 1. The summed E-state index contributed by atoms with van der Waals surface area (Å²) >= 11 is 0. The second-order valence-electron chi connectivity index (χ2n) is 10.4. The summed E-state index contributed by atoms with van der Waals surface area (Å²) in [4.78, 5) is 21.4. The SMILES string of the molecule is CCOc1cc2ncnc(Nc3ccc(Oc4cccc(-c5nnc(C)o5)c4)cc3F)c2cc1NC(=O)/C=C/CN[C@@H]1CCOC1. The smallest absolute Gasteiger partial charge is 0.248 e. The van der Waals surface area contributed by atoms with Gasteiger partial charge in [0, 0.05) is 55.3 Å². The highest BCUT2D eigenvalue weighted by Gasteiger charge is 2.16. The molecular weight excluding hydrogens is 593 g/mol. The Labute approximate surface area is 264 Å². The van der Waals surface area contributed by atoms with E-state index in [1.54, 1.807) is 55.5 Å². The Morgan fingerprint density at radius 2 is 1.98 bits per heavy atom. The summed E-state index contributed by atoms with van der Waals surface area (Å²) in [6.45, 7) is 5.90. The first-order chi connectivity index (χ1) is 22.4. The van der Waals surface area contributed by atoms with E-state index in [2.05, 4.69) is 36.1 Å². The lowest BCUT2D eigenvalue weighted by Gasteiger charge is -2.15. The standard InChI is InChI=1S/C33H32FN7O5/c1-3-44-30-17-28-25(16-29(30)38-31(42)8-5-12-35-22-11-13-43-18-22)32(37-19-36-28)39-27-10-9-24(15-26(27)34)46-23-7-4-6-21(14-23)33-41-40-20(2)45-33/h4-10,14-17,19,22,35H,3,11-13,18H2,1-2H3,(H,38,42)(H,36,37,39)/b8-5+/t22-/m1/s1. The van der Waals surface area contributed by atoms with Gasteiger partial charge < -0.3 is 34.6 Å². The Morgan fingerprint density at radius 1 is 1.09 bits per heavy atom. The average Bonchev–Trinajstić information content (AvgIpc) is 3.73. The van der Waals surface area contributed by atoms with Gasteiger partial charge in [-0.3, -0.25) is 4.79 Å². The zero-order chi connectivity index (χ0) is 31.9. The molecule has 46 heavy (non-hydrogen) atoms. The van der Waals surface area contributed by atoms with E-state index < -0.39 is 5.82 Å². The molecule has 1 fully saturated rings. The molecule has 1 saturated heterocycles. The van der Waals surface area contributed by atoms with E-state index in [0.29, 0.717) is 82.8 Å². The minimum Gasteiger partial charge on any atom is -0.492 e. The molecule has 236 valence electrons. The maximum Gasteiger partial charge on any atom is 0.248 e. The molecule has 3 heterocycles. The summed E-state index contributed by atoms with van der Waals surface area (Å²) in [5.74, 6) is 1.49. The minimum absolute atomic E-state index is 0.171. The monoisotopic (exact) mass is 625 g/mol. The molecule has 1 aliphatic rings. The van der Waals surface area contributed by atoms with Crippen LogP contribution in [0.1, 0.15) is 19.2 Å². The van der Waals surface area contributed by atoms with E-state index in [1.165, 1.54) is 18.5 Å². The van der Waals surface area contributed by atoms with E-state index in [0.717, 1.165) is 13.0 Å². The van der Waals surface area contributed by atoms with Crippen molar-refractivity contribution in [2.75, 3.05) is 37.0 Å². The number of hydrogen-bond donors (Lipinski definition) is 3. The number of rotatable bonds is 12. The zero-order valence-corrected chi connectivity index (χ0v) is 25.2. The molecular formula is C33H32FN7O5. The largest absolute Gasteiger partial charge is 0.492 e. The molecule has 3 N–H and O–H groups in total. The van der Waals surface area contributed by atoms with E-state index >= 15 is 4.39 Å². The Hall–Kier alpha value is -5.40. The molecule has 0 saturated carbocycles. The maximum atomic E-state index is 15.3. The lowest BCUT2D eigenvalue weighted by molar-refractivity contribution is -0.111. The summed E-state index contributed by atoms with van der Waals surface area (Å²) in [6, 6.07) is 15.2. The number of amides is 1. The van der Waals surface area contributed by atoms with Crippen LogP contribution in [0.3, 0.4) is 0 Å². The molecule has 2 aromatic heterocycles. The number of benzene rings is 3. The quantitative estimate of drug-likeness (QED) is 0.142. The van der Waals surface area contributed by atoms with Gasteiger partial charge in [0.05, 0.1) is 30.1 Å². The fraction of sp³-hybridized carbons (Fsp3) is 0.242. The predicted molar refractivity (Wildman–Crippen MR) is 170 cm³/mol. The van der Waals surface area contributed by atoms with Crippen LogP contribution in [0, 0.1) is 12.7 Å². The molecule has 13 heteroatoms. The Kier molecular flexibility index (Phi) is 9.41. The molecule has 0 spiro atoms. The maximum absolute atomic E-state index is 15.3.